The Morgan fingerprint density at radius 1 is 1.27 bits per heavy atom. The molecular formula is C12H15NO2. The first-order valence-corrected chi connectivity index (χ1v) is 5.05. The number of hydrogen-bond donors (Lipinski definition) is 0. The van der Waals surface area contributed by atoms with Crippen LogP contribution in [0.15, 0.2) is 24.3 Å². The average molecular weight is 205 g/mol. The molecule has 2 rings (SSSR count). The fourth-order valence-electron chi connectivity index (χ4n) is 1.84. The number of hydrogen-bond acceptors (Lipinski definition) is 2. The predicted octanol–water partition coefficient (Wildman–Crippen LogP) is 2.21. The highest BCUT2D eigenvalue weighted by molar-refractivity contribution is 5.98. The van der Waals surface area contributed by atoms with Crippen molar-refractivity contribution in [2.24, 2.45) is 0 Å². The molecule has 1 aliphatic rings. The topological polar surface area (TPSA) is 29.5 Å². The summed E-state index contributed by atoms with van der Waals surface area (Å²) >= 11 is 0. The van der Waals surface area contributed by atoms with Gasteiger partial charge in [-0.3, -0.25) is 4.79 Å². The molecule has 0 radical (unpaired) electrons. The molecule has 0 N–H and O–H groups in total. The molecule has 0 saturated carbocycles. The maximum Gasteiger partial charge on any atom is 0.265 e. The summed E-state index contributed by atoms with van der Waals surface area (Å²) in [6, 6.07) is 7.63. The number of benzene rings is 1. The lowest BCUT2D eigenvalue weighted by Crippen LogP contribution is -2.50. The van der Waals surface area contributed by atoms with Crippen LogP contribution in [0, 0.1) is 0 Å². The van der Waals surface area contributed by atoms with E-state index in [1.54, 1.807) is 4.90 Å². The molecule has 80 valence electrons. The van der Waals surface area contributed by atoms with Crippen molar-refractivity contribution >= 4 is 11.6 Å². The molecule has 0 bridgehead atoms. The average Bonchev–Trinajstić information content (AvgIpc) is 2.15. The molecular weight excluding hydrogens is 190 g/mol. The van der Waals surface area contributed by atoms with Crippen molar-refractivity contribution in [3.8, 4) is 5.75 Å². The van der Waals surface area contributed by atoms with Gasteiger partial charge in [-0.1, -0.05) is 12.1 Å². The van der Waals surface area contributed by atoms with Crippen LogP contribution in [-0.4, -0.2) is 18.1 Å². The maximum atomic E-state index is 11.8. The Balaban J connectivity index is 2.51. The first-order chi connectivity index (χ1) is 7.00. The van der Waals surface area contributed by atoms with Gasteiger partial charge in [-0.05, 0) is 32.9 Å². The van der Waals surface area contributed by atoms with Gasteiger partial charge in [0.2, 0.25) is 0 Å². The Hall–Kier alpha value is -1.51. The summed E-state index contributed by atoms with van der Waals surface area (Å²) in [6.45, 7) is 6.20. The van der Waals surface area contributed by atoms with Gasteiger partial charge in [0.1, 0.15) is 5.75 Å². The van der Waals surface area contributed by atoms with Crippen molar-refractivity contribution in [3.05, 3.63) is 24.3 Å². The summed E-state index contributed by atoms with van der Waals surface area (Å²) in [5, 5.41) is 0. The molecule has 0 unspecified atom stereocenters. The Kier molecular flexibility index (Phi) is 2.18. The fourth-order valence-corrected chi connectivity index (χ4v) is 1.84. The molecule has 1 amide bonds. The van der Waals surface area contributed by atoms with Crippen molar-refractivity contribution in [1.82, 2.24) is 0 Å². The first-order valence-electron chi connectivity index (χ1n) is 5.05. The highest BCUT2D eigenvalue weighted by Crippen LogP contribution is 2.35. The number of para-hydroxylation sites is 2. The van der Waals surface area contributed by atoms with Crippen LogP contribution in [0.2, 0.25) is 0 Å². The van der Waals surface area contributed by atoms with E-state index >= 15 is 0 Å². The molecule has 0 saturated heterocycles. The summed E-state index contributed by atoms with van der Waals surface area (Å²) in [4.78, 5) is 13.6. The number of amides is 1. The van der Waals surface area contributed by atoms with E-state index in [-0.39, 0.29) is 18.1 Å². The van der Waals surface area contributed by atoms with Crippen molar-refractivity contribution in [1.29, 1.82) is 0 Å². The molecule has 1 aromatic carbocycles. The summed E-state index contributed by atoms with van der Waals surface area (Å²) < 4.78 is 5.37. The summed E-state index contributed by atoms with van der Waals surface area (Å²) in [5.74, 6) is 0.799. The van der Waals surface area contributed by atoms with E-state index < -0.39 is 0 Å². The van der Waals surface area contributed by atoms with Crippen LogP contribution in [0.3, 0.4) is 0 Å². The monoisotopic (exact) mass is 205 g/mol. The summed E-state index contributed by atoms with van der Waals surface area (Å²) in [7, 11) is 0. The molecule has 0 aromatic heterocycles. The Labute approximate surface area is 89.7 Å². The second-order valence-corrected chi connectivity index (χ2v) is 4.66. The second-order valence-electron chi connectivity index (χ2n) is 4.66. The molecule has 0 fully saturated rings. The number of carbonyl (C=O) groups is 1. The molecule has 1 heterocycles. The molecule has 1 aliphatic heterocycles. The minimum atomic E-state index is -0.211. The van der Waals surface area contributed by atoms with Gasteiger partial charge in [0, 0.05) is 5.54 Å². The number of anilines is 1. The minimum Gasteiger partial charge on any atom is -0.482 e. The van der Waals surface area contributed by atoms with E-state index in [4.69, 9.17) is 4.74 Å². The van der Waals surface area contributed by atoms with E-state index in [2.05, 4.69) is 0 Å². The maximum absolute atomic E-state index is 11.8. The van der Waals surface area contributed by atoms with Gasteiger partial charge in [-0.15, -0.1) is 0 Å². The van der Waals surface area contributed by atoms with Gasteiger partial charge >= 0.3 is 0 Å². The lowest BCUT2D eigenvalue weighted by Gasteiger charge is -2.39. The molecule has 0 aliphatic carbocycles. The highest BCUT2D eigenvalue weighted by Gasteiger charge is 2.33. The van der Waals surface area contributed by atoms with E-state index in [1.807, 2.05) is 45.0 Å². The largest absolute Gasteiger partial charge is 0.482 e. The van der Waals surface area contributed by atoms with E-state index in [0.717, 1.165) is 11.4 Å². The summed E-state index contributed by atoms with van der Waals surface area (Å²) in [5.41, 5.74) is 0.651. The molecule has 15 heavy (non-hydrogen) atoms. The second kappa shape index (κ2) is 3.26. The zero-order valence-corrected chi connectivity index (χ0v) is 9.28. The molecule has 3 heteroatoms. The summed E-state index contributed by atoms with van der Waals surface area (Å²) in [6.07, 6.45) is 0. The van der Waals surface area contributed by atoms with Crippen molar-refractivity contribution in [2.75, 3.05) is 11.5 Å². The Morgan fingerprint density at radius 3 is 2.60 bits per heavy atom. The minimum absolute atomic E-state index is 0.0150. The third kappa shape index (κ3) is 1.69. The number of fused-ring (bicyclic) bond motifs is 1. The zero-order valence-electron chi connectivity index (χ0n) is 9.28. The van der Waals surface area contributed by atoms with Gasteiger partial charge in [0.15, 0.2) is 6.61 Å². The van der Waals surface area contributed by atoms with E-state index in [1.165, 1.54) is 0 Å². The van der Waals surface area contributed by atoms with E-state index in [0.29, 0.717) is 0 Å². The van der Waals surface area contributed by atoms with Crippen LogP contribution in [0.25, 0.3) is 0 Å². The van der Waals surface area contributed by atoms with Crippen molar-refractivity contribution in [3.63, 3.8) is 0 Å². The van der Waals surface area contributed by atoms with Crippen LogP contribution >= 0.6 is 0 Å². The van der Waals surface area contributed by atoms with Gasteiger partial charge in [0.25, 0.3) is 5.91 Å². The van der Waals surface area contributed by atoms with Crippen LogP contribution < -0.4 is 9.64 Å². The van der Waals surface area contributed by atoms with Crippen LogP contribution in [0.1, 0.15) is 20.8 Å². The smallest absolute Gasteiger partial charge is 0.265 e. The van der Waals surface area contributed by atoms with Crippen molar-refractivity contribution < 1.29 is 9.53 Å². The lowest BCUT2D eigenvalue weighted by atomic mass is 10.0. The SMILES string of the molecule is CC(C)(C)N1C(=O)COc2ccccc21. The standard InChI is InChI=1S/C12H15NO2/c1-12(2,3)13-9-6-4-5-7-10(9)15-8-11(13)14/h4-7H,8H2,1-3H3. The number of nitrogens with zero attached hydrogens (tertiary/aromatic N) is 1. The molecule has 1 aromatic rings. The molecule has 0 spiro atoms. The normalized spacial score (nSPS) is 15.9. The van der Waals surface area contributed by atoms with Gasteiger partial charge in [-0.25, -0.2) is 0 Å². The fraction of sp³-hybridized carbons (Fsp3) is 0.417. The van der Waals surface area contributed by atoms with Crippen molar-refractivity contribution in [2.45, 2.75) is 26.3 Å². The van der Waals surface area contributed by atoms with Crippen LogP contribution in [0.5, 0.6) is 5.75 Å². The van der Waals surface area contributed by atoms with Gasteiger partial charge in [0.05, 0.1) is 5.69 Å². The van der Waals surface area contributed by atoms with Crippen LogP contribution in [0.4, 0.5) is 5.69 Å². The third-order valence-corrected chi connectivity index (χ3v) is 2.38. The molecule has 3 nitrogen and oxygen atoms in total. The predicted molar refractivity (Wildman–Crippen MR) is 59.2 cm³/mol. The number of carbonyl (C=O) groups excluding carboxylic acids is 1. The third-order valence-electron chi connectivity index (χ3n) is 2.38. The Bertz CT molecular complexity index is 393. The Morgan fingerprint density at radius 2 is 1.93 bits per heavy atom. The first kappa shape index (κ1) is 10.0. The van der Waals surface area contributed by atoms with Gasteiger partial charge < -0.3 is 9.64 Å². The highest BCUT2D eigenvalue weighted by atomic mass is 16.5. The molecule has 0 atom stereocenters. The van der Waals surface area contributed by atoms with Crippen LogP contribution in [-0.2, 0) is 4.79 Å². The number of ether oxygens (including phenoxy) is 1. The quantitative estimate of drug-likeness (QED) is 0.650. The lowest BCUT2D eigenvalue weighted by molar-refractivity contribution is -0.122. The van der Waals surface area contributed by atoms with Gasteiger partial charge in [-0.2, -0.15) is 0 Å². The number of rotatable bonds is 0. The van der Waals surface area contributed by atoms with E-state index in [9.17, 15) is 4.79 Å². The zero-order chi connectivity index (χ0) is 11.1.